The molecule has 2 atom stereocenters. The highest BCUT2D eigenvalue weighted by molar-refractivity contribution is 7.86. The van der Waals surface area contributed by atoms with E-state index in [0.29, 0.717) is 6.26 Å². The molecule has 0 heterocycles. The molecule has 13 heteroatoms. The fourth-order valence-electron chi connectivity index (χ4n) is 3.81. The van der Waals surface area contributed by atoms with Gasteiger partial charge in [0.25, 0.3) is 0 Å². The number of alkyl carbamates (subject to hydrolysis) is 1. The van der Waals surface area contributed by atoms with Crippen molar-refractivity contribution < 1.29 is 41.3 Å². The second-order valence-corrected chi connectivity index (χ2v) is 13.0. The van der Waals surface area contributed by atoms with Crippen LogP contribution in [-0.4, -0.2) is 57.1 Å². The van der Waals surface area contributed by atoms with Gasteiger partial charge >= 0.3 is 22.2 Å². The number of benzene rings is 2. The number of carbonyl (C=O) groups excluding carboxylic acids is 4. The molecule has 0 radical (unpaired) electrons. The van der Waals surface area contributed by atoms with Gasteiger partial charge in [0.1, 0.15) is 28.8 Å². The second-order valence-electron chi connectivity index (χ2n) is 11.5. The van der Waals surface area contributed by atoms with Crippen LogP contribution in [0.2, 0.25) is 0 Å². The first-order valence-electron chi connectivity index (χ1n) is 13.9. The first kappa shape index (κ1) is 35.8. The minimum Gasteiger partial charge on any atom is -0.464 e. The molecule has 240 valence electrons. The van der Waals surface area contributed by atoms with Crippen LogP contribution >= 0.6 is 0 Å². The summed E-state index contributed by atoms with van der Waals surface area (Å²) >= 11 is 0. The topological polar surface area (TPSA) is 166 Å². The van der Waals surface area contributed by atoms with Gasteiger partial charge in [-0.2, -0.15) is 8.42 Å². The van der Waals surface area contributed by atoms with Crippen LogP contribution in [0.15, 0.2) is 71.5 Å². The van der Waals surface area contributed by atoms with E-state index in [1.54, 1.807) is 64.1 Å². The summed E-state index contributed by atoms with van der Waals surface area (Å²) in [6.07, 6.45) is -0.0182. The number of carbonyl (C=O) groups is 4. The van der Waals surface area contributed by atoms with Crippen LogP contribution in [0.4, 0.5) is 4.79 Å². The molecule has 12 nitrogen and oxygen atoms in total. The smallest absolute Gasteiger partial charge is 0.408 e. The van der Waals surface area contributed by atoms with Crippen LogP contribution in [0.3, 0.4) is 0 Å². The number of methoxy groups -OCH3 is 1. The standard InChI is InChI=1S/C31H41N3O9S/c1-20(2)17-24(32-28(36)25(18-22-11-9-8-10-12-22)34-30(38)43-31(4,5)6)27(35)33-26(29(37)41-7)19-42-44(39,40)23-15-13-21(3)14-16-23/h8-16,19-20,24-25H,17-18H2,1-7H3,(H,32,36)(H,33,35)(H,34,38)/b26-19+/t24-,25-/m0/s1. The van der Waals surface area contributed by atoms with Crippen molar-refractivity contribution in [2.24, 2.45) is 5.92 Å². The summed E-state index contributed by atoms with van der Waals surface area (Å²) in [5.74, 6) is -2.69. The molecule has 0 saturated carbocycles. The summed E-state index contributed by atoms with van der Waals surface area (Å²) in [7, 11) is -3.29. The predicted molar refractivity (Wildman–Crippen MR) is 162 cm³/mol. The van der Waals surface area contributed by atoms with Gasteiger partial charge in [-0.15, -0.1) is 0 Å². The minimum atomic E-state index is -4.33. The molecule has 0 aliphatic heterocycles. The van der Waals surface area contributed by atoms with Crippen LogP contribution in [0.1, 0.15) is 52.2 Å². The molecule has 2 aromatic rings. The van der Waals surface area contributed by atoms with Gasteiger partial charge in [-0.1, -0.05) is 61.9 Å². The number of nitrogens with one attached hydrogen (secondary N) is 3. The van der Waals surface area contributed by atoms with E-state index in [-0.39, 0.29) is 23.7 Å². The Kier molecular flexibility index (Phi) is 12.9. The lowest BCUT2D eigenvalue weighted by molar-refractivity contribution is -0.138. The second kappa shape index (κ2) is 15.9. The maximum Gasteiger partial charge on any atom is 0.408 e. The minimum absolute atomic E-state index is 0.0961. The molecule has 0 bridgehead atoms. The molecule has 0 fully saturated rings. The molecule has 0 aliphatic carbocycles. The lowest BCUT2D eigenvalue weighted by atomic mass is 10.0. The third-order valence-electron chi connectivity index (χ3n) is 5.90. The maximum absolute atomic E-state index is 13.5. The van der Waals surface area contributed by atoms with E-state index in [0.717, 1.165) is 18.2 Å². The molecule has 0 saturated heterocycles. The average Bonchev–Trinajstić information content (AvgIpc) is 2.93. The molecule has 44 heavy (non-hydrogen) atoms. The van der Waals surface area contributed by atoms with Gasteiger partial charge in [-0.3, -0.25) is 9.59 Å². The van der Waals surface area contributed by atoms with E-state index < -0.39 is 57.4 Å². The molecular formula is C31H41N3O9S. The Balaban J connectivity index is 2.30. The highest BCUT2D eigenvalue weighted by Crippen LogP contribution is 2.15. The van der Waals surface area contributed by atoms with Crippen LogP contribution < -0.4 is 16.0 Å². The van der Waals surface area contributed by atoms with Gasteiger partial charge in [0, 0.05) is 6.42 Å². The summed E-state index contributed by atoms with van der Waals surface area (Å²) in [5.41, 5.74) is 0.150. The summed E-state index contributed by atoms with van der Waals surface area (Å²) in [6, 6.07) is 12.5. The highest BCUT2D eigenvalue weighted by Gasteiger charge is 2.30. The zero-order chi connectivity index (χ0) is 33.1. The monoisotopic (exact) mass is 631 g/mol. The Morgan fingerprint density at radius 1 is 0.886 bits per heavy atom. The van der Waals surface area contributed by atoms with Crippen molar-refractivity contribution in [3.8, 4) is 0 Å². The van der Waals surface area contributed by atoms with E-state index in [9.17, 15) is 27.6 Å². The van der Waals surface area contributed by atoms with E-state index in [2.05, 4.69) is 20.7 Å². The van der Waals surface area contributed by atoms with Crippen molar-refractivity contribution in [3.05, 3.63) is 77.7 Å². The van der Waals surface area contributed by atoms with E-state index in [1.165, 1.54) is 12.1 Å². The molecule has 0 unspecified atom stereocenters. The van der Waals surface area contributed by atoms with Crippen molar-refractivity contribution in [1.29, 1.82) is 0 Å². The van der Waals surface area contributed by atoms with Gasteiger partial charge in [0.2, 0.25) is 11.8 Å². The van der Waals surface area contributed by atoms with Crippen LogP contribution in [-0.2, 0) is 44.6 Å². The van der Waals surface area contributed by atoms with Crippen molar-refractivity contribution in [1.82, 2.24) is 16.0 Å². The Labute approximate surface area is 258 Å². The number of esters is 1. The van der Waals surface area contributed by atoms with Crippen molar-refractivity contribution >= 4 is 34.0 Å². The average molecular weight is 632 g/mol. The Hall–Kier alpha value is -4.39. The van der Waals surface area contributed by atoms with E-state index in [4.69, 9.17) is 8.92 Å². The number of ether oxygens (including phenoxy) is 2. The van der Waals surface area contributed by atoms with Gasteiger partial charge in [-0.25, -0.2) is 9.59 Å². The van der Waals surface area contributed by atoms with Crippen LogP contribution in [0, 0.1) is 12.8 Å². The highest BCUT2D eigenvalue weighted by atomic mass is 32.2. The largest absolute Gasteiger partial charge is 0.464 e. The molecule has 2 rings (SSSR count). The number of amides is 3. The van der Waals surface area contributed by atoms with E-state index in [1.807, 2.05) is 19.9 Å². The first-order valence-corrected chi connectivity index (χ1v) is 15.3. The fourth-order valence-corrected chi connectivity index (χ4v) is 4.62. The number of rotatable bonds is 13. The molecule has 3 N–H and O–H groups in total. The number of aryl methyl sites for hydroxylation is 1. The van der Waals surface area contributed by atoms with Gasteiger partial charge < -0.3 is 29.6 Å². The van der Waals surface area contributed by atoms with Crippen molar-refractivity contribution in [2.75, 3.05) is 7.11 Å². The lowest BCUT2D eigenvalue weighted by Gasteiger charge is -2.26. The molecule has 2 aromatic carbocycles. The van der Waals surface area contributed by atoms with Crippen molar-refractivity contribution in [3.63, 3.8) is 0 Å². The summed E-state index contributed by atoms with van der Waals surface area (Å²) < 4.78 is 40.2. The zero-order valence-corrected chi connectivity index (χ0v) is 26.8. The normalized spacial score (nSPS) is 13.3. The maximum atomic E-state index is 13.5. The zero-order valence-electron chi connectivity index (χ0n) is 26.0. The van der Waals surface area contributed by atoms with Gasteiger partial charge in [0.05, 0.1) is 7.11 Å². The third-order valence-corrected chi connectivity index (χ3v) is 7.09. The molecular weight excluding hydrogens is 590 g/mol. The van der Waals surface area contributed by atoms with Crippen LogP contribution in [0.5, 0.6) is 0 Å². The Morgan fingerprint density at radius 2 is 1.50 bits per heavy atom. The third kappa shape index (κ3) is 12.1. The quantitative estimate of drug-likeness (QED) is 0.130. The number of hydrogen-bond acceptors (Lipinski definition) is 9. The summed E-state index contributed by atoms with van der Waals surface area (Å²) in [5, 5.41) is 7.51. The van der Waals surface area contributed by atoms with Crippen molar-refractivity contribution in [2.45, 2.75) is 77.0 Å². The lowest BCUT2D eigenvalue weighted by Crippen LogP contribution is -2.55. The summed E-state index contributed by atoms with van der Waals surface area (Å²) in [4.78, 5) is 51.7. The first-order chi connectivity index (χ1) is 20.5. The van der Waals surface area contributed by atoms with Gasteiger partial charge in [0.15, 0.2) is 5.70 Å². The SMILES string of the molecule is COC(=O)/C(=C\OS(=O)(=O)c1ccc(C)cc1)NC(=O)[C@H](CC(C)C)NC(=O)[C@H](Cc1ccccc1)NC(=O)OC(C)(C)C. The van der Waals surface area contributed by atoms with Gasteiger partial charge in [-0.05, 0) is 57.7 Å². The Bertz CT molecular complexity index is 1430. The molecule has 3 amide bonds. The van der Waals surface area contributed by atoms with Crippen LogP contribution in [0.25, 0.3) is 0 Å². The number of hydrogen-bond donors (Lipinski definition) is 3. The molecule has 0 aromatic heterocycles. The van der Waals surface area contributed by atoms with E-state index >= 15 is 0 Å². The fraction of sp³-hybridized carbons (Fsp3) is 0.419. The molecule has 0 spiro atoms. The molecule has 0 aliphatic rings. The Morgan fingerprint density at radius 3 is 2.05 bits per heavy atom. The predicted octanol–water partition coefficient (Wildman–Crippen LogP) is 3.50. The summed E-state index contributed by atoms with van der Waals surface area (Å²) in [6.45, 7) is 10.5.